The number of aliphatic hydroxyl groups excluding tert-OH is 1. The summed E-state index contributed by atoms with van der Waals surface area (Å²) in [5.74, 6) is -1.76. The average molecular weight is 499 g/mol. The van der Waals surface area contributed by atoms with Crippen molar-refractivity contribution >= 4 is 29.7 Å². The number of aliphatic hydroxyl groups is 1. The Labute approximate surface area is 208 Å². The first-order chi connectivity index (χ1) is 16.9. The topological polar surface area (TPSA) is 116 Å². The van der Waals surface area contributed by atoms with Crippen LogP contribution in [0, 0.1) is 5.92 Å². The Morgan fingerprint density at radius 3 is 2.31 bits per heavy atom. The second-order valence-electron chi connectivity index (χ2n) is 8.97. The van der Waals surface area contributed by atoms with Crippen molar-refractivity contribution in [2.24, 2.45) is 5.92 Å². The number of amides is 2. The van der Waals surface area contributed by atoms with Crippen LogP contribution in [0.25, 0.3) is 11.1 Å². The zero-order valence-corrected chi connectivity index (χ0v) is 20.4. The molecule has 1 fully saturated rings. The number of carbonyl (C=O) groups excluding carboxylic acids is 2. The standard InChI is InChI=1S/C26H30N2O6S/c1-35-11-10-23(24(30)28-13-16(25(31)32)12-17(29)14-28)27-26(33)34-15-22-20-8-4-2-6-18(20)19-7-3-5-9-21(19)22/h2-9,16-17,22-23,29H,10-15H2,1H3,(H,27,33)(H,31,32). The van der Waals surface area contributed by atoms with E-state index < -0.39 is 36.0 Å². The Kier molecular flexibility index (Phi) is 7.97. The third-order valence-electron chi connectivity index (χ3n) is 6.63. The average Bonchev–Trinajstić information content (AvgIpc) is 3.18. The number of benzene rings is 2. The first-order valence-electron chi connectivity index (χ1n) is 11.7. The van der Waals surface area contributed by atoms with Crippen LogP contribution in [0.3, 0.4) is 0 Å². The number of carboxylic acid groups (broad SMARTS) is 1. The molecule has 8 nitrogen and oxygen atoms in total. The van der Waals surface area contributed by atoms with Crippen molar-refractivity contribution in [1.29, 1.82) is 0 Å². The summed E-state index contributed by atoms with van der Waals surface area (Å²) in [6.07, 6.45) is 0.770. The Morgan fingerprint density at radius 2 is 1.71 bits per heavy atom. The Hall–Kier alpha value is -3.04. The lowest BCUT2D eigenvalue weighted by molar-refractivity contribution is -0.149. The fraction of sp³-hybridized carbons (Fsp3) is 0.423. The Morgan fingerprint density at radius 1 is 1.09 bits per heavy atom. The highest BCUT2D eigenvalue weighted by molar-refractivity contribution is 7.98. The van der Waals surface area contributed by atoms with Crippen molar-refractivity contribution in [2.75, 3.05) is 31.7 Å². The number of nitrogens with one attached hydrogen (secondary N) is 1. The van der Waals surface area contributed by atoms with E-state index in [1.165, 1.54) is 16.7 Å². The summed E-state index contributed by atoms with van der Waals surface area (Å²) >= 11 is 1.54. The summed E-state index contributed by atoms with van der Waals surface area (Å²) in [4.78, 5) is 38.7. The van der Waals surface area contributed by atoms with Gasteiger partial charge in [0.15, 0.2) is 0 Å². The molecule has 1 heterocycles. The summed E-state index contributed by atoms with van der Waals surface area (Å²) in [7, 11) is 0. The molecule has 2 aromatic rings. The van der Waals surface area contributed by atoms with Crippen LogP contribution in [-0.2, 0) is 14.3 Å². The minimum Gasteiger partial charge on any atom is -0.481 e. The van der Waals surface area contributed by atoms with Gasteiger partial charge in [0.25, 0.3) is 0 Å². The summed E-state index contributed by atoms with van der Waals surface area (Å²) in [6, 6.07) is 15.2. The van der Waals surface area contributed by atoms with Gasteiger partial charge in [-0.1, -0.05) is 48.5 Å². The number of nitrogens with zero attached hydrogens (tertiary/aromatic N) is 1. The molecule has 2 amide bonds. The van der Waals surface area contributed by atoms with Gasteiger partial charge in [0, 0.05) is 19.0 Å². The molecule has 0 bridgehead atoms. The number of carboxylic acids is 1. The van der Waals surface area contributed by atoms with Crippen LogP contribution < -0.4 is 5.32 Å². The maximum atomic E-state index is 13.2. The van der Waals surface area contributed by atoms with Crippen LogP contribution in [0.5, 0.6) is 0 Å². The number of aliphatic carboxylic acids is 1. The van der Waals surface area contributed by atoms with Gasteiger partial charge in [0.1, 0.15) is 12.6 Å². The molecule has 0 spiro atoms. The summed E-state index contributed by atoms with van der Waals surface area (Å²) in [5.41, 5.74) is 4.45. The number of carbonyl (C=O) groups is 3. The predicted molar refractivity (Wildman–Crippen MR) is 133 cm³/mol. The van der Waals surface area contributed by atoms with E-state index in [9.17, 15) is 24.6 Å². The molecule has 0 aromatic heterocycles. The van der Waals surface area contributed by atoms with Crippen molar-refractivity contribution in [1.82, 2.24) is 10.2 Å². The van der Waals surface area contributed by atoms with Crippen molar-refractivity contribution in [3.8, 4) is 11.1 Å². The number of fused-ring (bicyclic) bond motifs is 3. The smallest absolute Gasteiger partial charge is 0.407 e. The van der Waals surface area contributed by atoms with Gasteiger partial charge in [-0.15, -0.1) is 0 Å². The lowest BCUT2D eigenvalue weighted by atomic mass is 9.95. The second kappa shape index (κ2) is 11.1. The lowest BCUT2D eigenvalue weighted by Crippen LogP contribution is -2.55. The quantitative estimate of drug-likeness (QED) is 0.512. The lowest BCUT2D eigenvalue weighted by Gasteiger charge is -2.36. The molecule has 4 rings (SSSR count). The normalized spacial score (nSPS) is 20.0. The monoisotopic (exact) mass is 498 g/mol. The van der Waals surface area contributed by atoms with Gasteiger partial charge in [0.2, 0.25) is 5.91 Å². The highest BCUT2D eigenvalue weighted by Gasteiger charge is 2.36. The molecular formula is C26H30N2O6S. The van der Waals surface area contributed by atoms with Gasteiger partial charge in [0.05, 0.1) is 12.0 Å². The van der Waals surface area contributed by atoms with Crippen molar-refractivity contribution in [3.05, 3.63) is 59.7 Å². The number of rotatable bonds is 8. The van der Waals surface area contributed by atoms with Gasteiger partial charge in [-0.2, -0.15) is 11.8 Å². The maximum Gasteiger partial charge on any atom is 0.407 e. The van der Waals surface area contributed by atoms with Crippen LogP contribution in [0.2, 0.25) is 0 Å². The van der Waals surface area contributed by atoms with E-state index in [-0.39, 0.29) is 32.0 Å². The number of hydrogen-bond acceptors (Lipinski definition) is 6. The van der Waals surface area contributed by atoms with Gasteiger partial charge >= 0.3 is 12.1 Å². The summed E-state index contributed by atoms with van der Waals surface area (Å²) in [6.45, 7) is 0.185. The fourth-order valence-corrected chi connectivity index (χ4v) is 5.40. The molecule has 1 saturated heterocycles. The third kappa shape index (κ3) is 5.62. The number of hydrogen-bond donors (Lipinski definition) is 3. The predicted octanol–water partition coefficient (Wildman–Crippen LogP) is 2.94. The zero-order chi connectivity index (χ0) is 24.9. The summed E-state index contributed by atoms with van der Waals surface area (Å²) < 4.78 is 5.60. The van der Waals surface area contributed by atoms with Crippen LogP contribution in [0.4, 0.5) is 4.79 Å². The molecule has 1 aliphatic heterocycles. The molecule has 3 N–H and O–H groups in total. The van der Waals surface area contributed by atoms with Crippen molar-refractivity contribution in [2.45, 2.75) is 30.9 Å². The van der Waals surface area contributed by atoms with Gasteiger partial charge in [-0.3, -0.25) is 9.59 Å². The molecule has 3 unspecified atom stereocenters. The number of ether oxygens (including phenoxy) is 1. The minimum absolute atomic E-state index is 0.00731. The first kappa shape index (κ1) is 25.1. The van der Waals surface area contributed by atoms with E-state index >= 15 is 0 Å². The van der Waals surface area contributed by atoms with Crippen LogP contribution >= 0.6 is 11.8 Å². The van der Waals surface area contributed by atoms with E-state index in [2.05, 4.69) is 17.4 Å². The van der Waals surface area contributed by atoms with Gasteiger partial charge < -0.3 is 25.2 Å². The molecule has 0 radical (unpaired) electrons. The zero-order valence-electron chi connectivity index (χ0n) is 19.6. The maximum absolute atomic E-state index is 13.2. The SMILES string of the molecule is CSCCC(NC(=O)OCC1c2ccccc2-c2ccccc21)C(=O)N1CC(O)CC(C(=O)O)C1. The van der Waals surface area contributed by atoms with Crippen molar-refractivity contribution < 1.29 is 29.3 Å². The molecule has 35 heavy (non-hydrogen) atoms. The number of likely N-dealkylation sites (tertiary alicyclic amines) is 1. The molecule has 1 aliphatic carbocycles. The number of β-amino-alcohol motifs (C(OH)–C–C–N with tert-alkyl or cyclic N) is 1. The second-order valence-corrected chi connectivity index (χ2v) is 9.96. The van der Waals surface area contributed by atoms with E-state index in [0.717, 1.165) is 22.3 Å². The molecular weight excluding hydrogens is 468 g/mol. The number of alkyl carbamates (subject to hydrolysis) is 1. The van der Waals surface area contributed by atoms with Crippen LogP contribution in [0.1, 0.15) is 29.9 Å². The van der Waals surface area contributed by atoms with E-state index in [1.54, 1.807) is 0 Å². The molecule has 0 saturated carbocycles. The molecule has 3 atom stereocenters. The van der Waals surface area contributed by atoms with Crippen LogP contribution in [-0.4, -0.2) is 76.9 Å². The summed E-state index contributed by atoms with van der Waals surface area (Å²) in [5, 5.41) is 22.1. The molecule has 2 aromatic carbocycles. The minimum atomic E-state index is -1.05. The first-order valence-corrected chi connectivity index (χ1v) is 13.1. The Balaban J connectivity index is 1.42. The van der Waals surface area contributed by atoms with E-state index in [0.29, 0.717) is 12.2 Å². The number of piperidine rings is 1. The number of thioether (sulfide) groups is 1. The van der Waals surface area contributed by atoms with Crippen LogP contribution in [0.15, 0.2) is 48.5 Å². The van der Waals surface area contributed by atoms with E-state index in [4.69, 9.17) is 4.74 Å². The third-order valence-corrected chi connectivity index (χ3v) is 7.28. The Bertz CT molecular complexity index is 1050. The van der Waals surface area contributed by atoms with Gasteiger partial charge in [-0.05, 0) is 47.1 Å². The highest BCUT2D eigenvalue weighted by Crippen LogP contribution is 2.44. The largest absolute Gasteiger partial charge is 0.481 e. The highest BCUT2D eigenvalue weighted by atomic mass is 32.2. The van der Waals surface area contributed by atoms with Gasteiger partial charge in [-0.25, -0.2) is 4.79 Å². The molecule has 186 valence electrons. The molecule has 2 aliphatic rings. The fourth-order valence-electron chi connectivity index (χ4n) is 4.93. The molecule has 9 heteroatoms. The van der Waals surface area contributed by atoms with E-state index in [1.807, 2.05) is 42.7 Å². The van der Waals surface area contributed by atoms with Crippen molar-refractivity contribution in [3.63, 3.8) is 0 Å².